The monoisotopic (exact) mass is 361 g/mol. The van der Waals surface area contributed by atoms with Crippen LogP contribution in [0.15, 0.2) is 24.3 Å². The first kappa shape index (κ1) is 16.2. The van der Waals surface area contributed by atoms with Crippen LogP contribution in [0.25, 0.3) is 0 Å². The number of ether oxygens (including phenoxy) is 1. The van der Waals surface area contributed by atoms with Gasteiger partial charge in [-0.1, -0.05) is 34.8 Å². The van der Waals surface area contributed by atoms with Crippen molar-refractivity contribution < 1.29 is 18.3 Å². The Labute approximate surface area is 131 Å². The van der Waals surface area contributed by atoms with Crippen LogP contribution in [-0.4, -0.2) is 35.3 Å². The molecule has 0 aromatic heterocycles. The second-order valence-corrected chi connectivity index (χ2v) is 5.83. The molecule has 1 aliphatic carbocycles. The highest BCUT2D eigenvalue weighted by molar-refractivity contribution is 9.09. The zero-order chi connectivity index (χ0) is 15.2. The van der Waals surface area contributed by atoms with Gasteiger partial charge in [0.1, 0.15) is 5.75 Å². The van der Waals surface area contributed by atoms with Gasteiger partial charge in [0.2, 0.25) is 0 Å². The number of halogens is 3. The minimum Gasteiger partial charge on any atom is -0.435 e. The summed E-state index contributed by atoms with van der Waals surface area (Å²) in [5.74, 6) is -0.109. The minimum atomic E-state index is -2.89. The fourth-order valence-corrected chi connectivity index (χ4v) is 3.11. The molecule has 3 nitrogen and oxygen atoms in total. The van der Waals surface area contributed by atoms with Crippen molar-refractivity contribution in [2.24, 2.45) is 0 Å². The lowest BCUT2D eigenvalue weighted by molar-refractivity contribution is -0.0499. The minimum absolute atomic E-state index is 0.0149. The zero-order valence-electron chi connectivity index (χ0n) is 11.6. The van der Waals surface area contributed by atoms with Gasteiger partial charge >= 0.3 is 6.61 Å². The second kappa shape index (κ2) is 7.73. The smallest absolute Gasteiger partial charge is 0.387 e. The number of carbonyl (C=O) groups excluding carboxylic acids is 1. The van der Waals surface area contributed by atoms with E-state index in [1.165, 1.54) is 12.1 Å². The van der Waals surface area contributed by atoms with E-state index in [0.717, 1.165) is 25.7 Å². The Bertz CT molecular complexity index is 478. The molecule has 116 valence electrons. The molecule has 0 saturated heterocycles. The number of nitrogens with zero attached hydrogens (tertiary/aromatic N) is 1. The summed E-state index contributed by atoms with van der Waals surface area (Å²) in [5, 5.41) is 0.697. The Kier molecular flexibility index (Phi) is 5.96. The summed E-state index contributed by atoms with van der Waals surface area (Å²) in [6, 6.07) is 6.25. The molecule has 0 radical (unpaired) electrons. The van der Waals surface area contributed by atoms with Crippen LogP contribution < -0.4 is 4.74 Å². The van der Waals surface area contributed by atoms with Crippen LogP contribution in [0.4, 0.5) is 8.78 Å². The van der Waals surface area contributed by atoms with Crippen molar-refractivity contribution in [1.82, 2.24) is 4.90 Å². The molecule has 0 aliphatic heterocycles. The molecule has 1 saturated carbocycles. The molecule has 0 spiro atoms. The summed E-state index contributed by atoms with van der Waals surface area (Å²) in [6.45, 7) is -2.27. The van der Waals surface area contributed by atoms with Crippen molar-refractivity contribution in [2.75, 3.05) is 11.9 Å². The van der Waals surface area contributed by atoms with E-state index in [9.17, 15) is 13.6 Å². The fraction of sp³-hybridized carbons (Fsp3) is 0.533. The van der Waals surface area contributed by atoms with Gasteiger partial charge in [-0.05, 0) is 31.0 Å². The number of hydrogen-bond acceptors (Lipinski definition) is 2. The summed E-state index contributed by atoms with van der Waals surface area (Å²) >= 11 is 3.37. The molecule has 0 atom stereocenters. The van der Waals surface area contributed by atoms with Crippen LogP contribution in [0.5, 0.6) is 5.75 Å². The van der Waals surface area contributed by atoms with Crippen molar-refractivity contribution >= 4 is 21.8 Å². The third kappa shape index (κ3) is 4.40. The maximum atomic E-state index is 12.6. The van der Waals surface area contributed by atoms with Gasteiger partial charge in [-0.3, -0.25) is 4.79 Å². The van der Waals surface area contributed by atoms with Gasteiger partial charge in [0.05, 0.1) is 0 Å². The number of rotatable bonds is 6. The molecular formula is C15H18BrF2NO2. The van der Waals surface area contributed by atoms with Crippen molar-refractivity contribution in [3.05, 3.63) is 29.8 Å². The SMILES string of the molecule is O=C(c1cccc(OC(F)F)c1)N(CCBr)C1CCCC1. The molecule has 1 aliphatic rings. The molecule has 0 heterocycles. The number of amides is 1. The molecular weight excluding hydrogens is 344 g/mol. The van der Waals surface area contributed by atoms with Crippen LogP contribution >= 0.6 is 15.9 Å². The maximum absolute atomic E-state index is 12.6. The summed E-state index contributed by atoms with van der Waals surface area (Å²) in [6.07, 6.45) is 4.27. The predicted molar refractivity (Wildman–Crippen MR) is 80.2 cm³/mol. The van der Waals surface area contributed by atoms with Crippen LogP contribution in [-0.2, 0) is 0 Å². The number of carbonyl (C=O) groups is 1. The highest BCUT2D eigenvalue weighted by Crippen LogP contribution is 2.26. The first-order chi connectivity index (χ1) is 10.1. The van der Waals surface area contributed by atoms with Gasteiger partial charge in [0.15, 0.2) is 0 Å². The summed E-state index contributed by atoms with van der Waals surface area (Å²) in [4.78, 5) is 14.5. The number of alkyl halides is 3. The molecule has 1 fully saturated rings. The zero-order valence-corrected chi connectivity index (χ0v) is 13.2. The molecule has 1 amide bonds. The van der Waals surface area contributed by atoms with Crippen molar-refractivity contribution in [2.45, 2.75) is 38.3 Å². The Morgan fingerprint density at radius 2 is 2.10 bits per heavy atom. The normalized spacial score (nSPS) is 15.4. The molecule has 0 bridgehead atoms. The molecule has 1 aromatic carbocycles. The Morgan fingerprint density at radius 1 is 1.38 bits per heavy atom. The fourth-order valence-electron chi connectivity index (χ4n) is 2.73. The molecule has 2 rings (SSSR count). The highest BCUT2D eigenvalue weighted by Gasteiger charge is 2.27. The lowest BCUT2D eigenvalue weighted by Crippen LogP contribution is -2.40. The third-order valence-electron chi connectivity index (χ3n) is 3.66. The van der Waals surface area contributed by atoms with Crippen LogP contribution in [0.1, 0.15) is 36.0 Å². The van der Waals surface area contributed by atoms with E-state index in [4.69, 9.17) is 0 Å². The van der Waals surface area contributed by atoms with Gasteiger partial charge in [-0.2, -0.15) is 8.78 Å². The van der Waals surface area contributed by atoms with Gasteiger partial charge in [-0.15, -0.1) is 0 Å². The molecule has 1 aromatic rings. The quantitative estimate of drug-likeness (QED) is 0.714. The summed E-state index contributed by atoms with van der Waals surface area (Å²) in [7, 11) is 0. The topological polar surface area (TPSA) is 29.5 Å². The Morgan fingerprint density at radius 3 is 2.71 bits per heavy atom. The molecule has 6 heteroatoms. The van der Waals surface area contributed by atoms with Gasteiger partial charge in [0, 0.05) is 23.5 Å². The van der Waals surface area contributed by atoms with Crippen molar-refractivity contribution in [3.63, 3.8) is 0 Å². The second-order valence-electron chi connectivity index (χ2n) is 5.03. The lowest BCUT2D eigenvalue weighted by atomic mass is 10.1. The molecule has 0 unspecified atom stereocenters. The predicted octanol–water partition coefficient (Wildman–Crippen LogP) is 4.07. The van der Waals surface area contributed by atoms with Gasteiger partial charge in [-0.25, -0.2) is 0 Å². The average Bonchev–Trinajstić information content (AvgIpc) is 2.97. The van der Waals surface area contributed by atoms with Gasteiger partial charge < -0.3 is 9.64 Å². The summed E-state index contributed by atoms with van der Waals surface area (Å²) < 4.78 is 28.9. The van der Waals surface area contributed by atoms with E-state index < -0.39 is 6.61 Å². The highest BCUT2D eigenvalue weighted by atomic mass is 79.9. The standard InChI is InChI=1S/C15H18BrF2NO2/c16-8-9-19(12-5-1-2-6-12)14(20)11-4-3-7-13(10-11)21-15(17)18/h3-4,7,10,12,15H,1-2,5-6,8-9H2. The number of benzene rings is 1. The summed E-state index contributed by atoms with van der Waals surface area (Å²) in [5.41, 5.74) is 0.390. The van der Waals surface area contributed by atoms with E-state index in [1.807, 2.05) is 4.90 Å². The maximum Gasteiger partial charge on any atom is 0.387 e. The van der Waals surface area contributed by atoms with Crippen molar-refractivity contribution in [1.29, 1.82) is 0 Å². The van der Waals surface area contributed by atoms with E-state index in [-0.39, 0.29) is 17.7 Å². The van der Waals surface area contributed by atoms with Crippen LogP contribution in [0.3, 0.4) is 0 Å². The average molecular weight is 362 g/mol. The van der Waals surface area contributed by atoms with E-state index >= 15 is 0 Å². The van der Waals surface area contributed by atoms with Crippen LogP contribution in [0, 0.1) is 0 Å². The van der Waals surface area contributed by atoms with E-state index in [0.29, 0.717) is 17.4 Å². The first-order valence-corrected chi connectivity index (χ1v) is 8.16. The van der Waals surface area contributed by atoms with E-state index in [2.05, 4.69) is 20.7 Å². The Balaban J connectivity index is 2.15. The molecule has 0 N–H and O–H groups in total. The third-order valence-corrected chi connectivity index (χ3v) is 4.01. The van der Waals surface area contributed by atoms with Crippen molar-refractivity contribution in [3.8, 4) is 5.75 Å². The van der Waals surface area contributed by atoms with Gasteiger partial charge in [0.25, 0.3) is 5.91 Å². The lowest BCUT2D eigenvalue weighted by Gasteiger charge is -2.28. The number of hydrogen-bond donors (Lipinski definition) is 0. The van der Waals surface area contributed by atoms with E-state index in [1.54, 1.807) is 12.1 Å². The van der Waals surface area contributed by atoms with Crippen LogP contribution in [0.2, 0.25) is 0 Å². The first-order valence-electron chi connectivity index (χ1n) is 7.03. The largest absolute Gasteiger partial charge is 0.435 e. The molecule has 21 heavy (non-hydrogen) atoms. The Hall–Kier alpha value is -1.17.